The van der Waals surface area contributed by atoms with E-state index in [0.717, 1.165) is 37.7 Å². The number of ketones is 1. The van der Waals surface area contributed by atoms with Crippen LogP contribution in [0.4, 0.5) is 4.79 Å². The first-order valence-electron chi connectivity index (χ1n) is 13.5. The fourth-order valence-corrected chi connectivity index (χ4v) is 9.19. The Bertz CT molecular complexity index is 906. The van der Waals surface area contributed by atoms with Gasteiger partial charge in [-0.3, -0.25) is 9.59 Å². The zero-order chi connectivity index (χ0) is 24.3. The third-order valence-electron chi connectivity index (χ3n) is 11.0. The Labute approximate surface area is 203 Å². The van der Waals surface area contributed by atoms with Gasteiger partial charge in [0, 0.05) is 25.3 Å². The smallest absolute Gasteiger partial charge is 0.450 e. The lowest BCUT2D eigenvalue weighted by Crippen LogP contribution is -2.59. The van der Waals surface area contributed by atoms with Gasteiger partial charge in [-0.15, -0.1) is 0 Å². The van der Waals surface area contributed by atoms with Gasteiger partial charge in [-0.05, 0) is 91.4 Å². The maximum atomic E-state index is 12.9. The first-order valence-corrected chi connectivity index (χ1v) is 13.5. The van der Waals surface area contributed by atoms with Crippen LogP contribution >= 0.6 is 0 Å². The van der Waals surface area contributed by atoms with E-state index in [1.54, 1.807) is 0 Å². The molecule has 0 aliphatic heterocycles. The lowest BCUT2D eigenvalue weighted by molar-refractivity contribution is -0.149. The Morgan fingerprint density at radius 1 is 1.21 bits per heavy atom. The van der Waals surface area contributed by atoms with Gasteiger partial charge in [0.2, 0.25) is 5.91 Å². The molecule has 6 nitrogen and oxygen atoms in total. The van der Waals surface area contributed by atoms with Crippen LogP contribution in [0.5, 0.6) is 0 Å². The van der Waals surface area contributed by atoms with E-state index in [0.29, 0.717) is 36.6 Å². The zero-order valence-corrected chi connectivity index (χ0v) is 21.0. The monoisotopic (exact) mass is 471 g/mol. The molecule has 0 aromatic heterocycles. The Morgan fingerprint density at radius 3 is 2.65 bits per heavy atom. The van der Waals surface area contributed by atoms with E-state index in [1.165, 1.54) is 25.7 Å². The Morgan fingerprint density at radius 2 is 1.97 bits per heavy atom. The van der Waals surface area contributed by atoms with E-state index in [2.05, 4.69) is 26.1 Å². The van der Waals surface area contributed by atoms with E-state index in [-0.39, 0.29) is 40.5 Å². The highest BCUT2D eigenvalue weighted by Crippen LogP contribution is 2.77. The fourth-order valence-electron chi connectivity index (χ4n) is 9.19. The summed E-state index contributed by atoms with van der Waals surface area (Å²) in [4.78, 5) is 37.3. The predicted octanol–water partition coefficient (Wildman–Crippen LogP) is 5.50. The number of nitrogens with one attached hydrogen (secondary N) is 1. The van der Waals surface area contributed by atoms with Crippen molar-refractivity contribution >= 4 is 17.8 Å². The minimum absolute atomic E-state index is 0.0423. The molecule has 0 radical (unpaired) electrons. The van der Waals surface area contributed by atoms with Crippen molar-refractivity contribution in [3.05, 3.63) is 11.6 Å². The van der Waals surface area contributed by atoms with Crippen molar-refractivity contribution in [2.75, 3.05) is 6.54 Å². The summed E-state index contributed by atoms with van der Waals surface area (Å²) in [6.07, 6.45) is 10.5. The summed E-state index contributed by atoms with van der Waals surface area (Å²) in [6, 6.07) is 0. The van der Waals surface area contributed by atoms with E-state index in [9.17, 15) is 19.5 Å². The zero-order valence-electron chi connectivity index (χ0n) is 21.0. The number of amides is 1. The summed E-state index contributed by atoms with van der Waals surface area (Å²) in [6.45, 7) is 7.44. The molecule has 7 atom stereocenters. The van der Waals surface area contributed by atoms with Crippen LogP contribution in [0.1, 0.15) is 91.4 Å². The normalized spacial score (nSPS) is 41.7. The van der Waals surface area contributed by atoms with Crippen molar-refractivity contribution in [2.24, 2.45) is 39.9 Å². The van der Waals surface area contributed by atoms with Crippen LogP contribution in [-0.4, -0.2) is 35.6 Å². The van der Waals surface area contributed by atoms with Gasteiger partial charge >= 0.3 is 6.16 Å². The summed E-state index contributed by atoms with van der Waals surface area (Å²) in [5.74, 6) is 1.19. The number of ether oxygens (including phenoxy) is 1. The molecule has 0 bridgehead atoms. The number of hydrogen-bond acceptors (Lipinski definition) is 4. The fraction of sp³-hybridized carbons (Fsp3) is 0.821. The lowest BCUT2D eigenvalue weighted by Gasteiger charge is -2.62. The van der Waals surface area contributed by atoms with Gasteiger partial charge in [0.05, 0.1) is 0 Å². The van der Waals surface area contributed by atoms with Gasteiger partial charge < -0.3 is 15.2 Å². The molecule has 0 heterocycles. The number of fused-ring (bicyclic) bond motifs is 6. The van der Waals surface area contributed by atoms with E-state index >= 15 is 0 Å². The molecule has 1 amide bonds. The number of carbonyl (C=O) groups is 3. The molecule has 4 fully saturated rings. The highest BCUT2D eigenvalue weighted by molar-refractivity contribution is 5.92. The van der Waals surface area contributed by atoms with Gasteiger partial charge in [0.25, 0.3) is 0 Å². The molecular weight excluding hydrogens is 430 g/mol. The average molecular weight is 472 g/mol. The van der Waals surface area contributed by atoms with Crippen LogP contribution in [0, 0.1) is 39.9 Å². The van der Waals surface area contributed by atoms with Crippen LogP contribution in [0.2, 0.25) is 0 Å². The molecule has 5 aliphatic rings. The summed E-state index contributed by atoms with van der Waals surface area (Å²) in [5.41, 5.74) is 1.24. The van der Waals surface area contributed by atoms with Crippen molar-refractivity contribution in [1.82, 2.24) is 5.32 Å². The second-order valence-corrected chi connectivity index (χ2v) is 12.5. The quantitative estimate of drug-likeness (QED) is 0.394. The van der Waals surface area contributed by atoms with Crippen LogP contribution in [0.15, 0.2) is 11.6 Å². The second kappa shape index (κ2) is 8.37. The topological polar surface area (TPSA) is 92.7 Å². The largest absolute Gasteiger partial charge is 0.506 e. The average Bonchev–Trinajstić information content (AvgIpc) is 3.49. The van der Waals surface area contributed by atoms with E-state index in [4.69, 9.17) is 4.74 Å². The van der Waals surface area contributed by atoms with Crippen LogP contribution in [-0.2, 0) is 14.3 Å². The van der Waals surface area contributed by atoms with Crippen LogP contribution in [0.3, 0.4) is 0 Å². The SMILES string of the molecule is CCCCNC(=O)C[C@H]1C[C@@H]2[C@H]([C@@H](OC(=O)O)C[C@@]3(C)[C@H]2CCC32CC2)[C@@]2(C)CCC(=O)C=C12. The molecule has 34 heavy (non-hydrogen) atoms. The number of hydrogen-bond donors (Lipinski definition) is 2. The Balaban J connectivity index is 1.51. The second-order valence-electron chi connectivity index (χ2n) is 12.5. The maximum Gasteiger partial charge on any atom is 0.506 e. The van der Waals surface area contributed by atoms with Gasteiger partial charge in [-0.25, -0.2) is 4.79 Å². The molecule has 0 aromatic rings. The van der Waals surface area contributed by atoms with Crippen molar-refractivity contribution in [1.29, 1.82) is 0 Å². The third kappa shape index (κ3) is 3.62. The highest BCUT2D eigenvalue weighted by atomic mass is 16.7. The standard InChI is InChI=1S/C28H41NO5/c1-4-5-12-29-23(31)14-17-13-19-20-7-9-28(10-11-28)27(20,3)16-22(34-25(32)33)24(19)26(2)8-6-18(30)15-21(17)26/h15,17,19-20,22,24H,4-14,16H2,1-3H3,(H,29,31)(H,32,33)/t17-,19+,20+,22+,24-,26+,27+/m1/s1. The van der Waals surface area contributed by atoms with Crippen molar-refractivity contribution in [2.45, 2.75) is 97.5 Å². The molecule has 2 N–H and O–H groups in total. The number of carboxylic acid groups (broad SMARTS) is 1. The molecule has 5 aliphatic carbocycles. The Kier molecular flexibility index (Phi) is 5.88. The molecule has 0 aromatic carbocycles. The van der Waals surface area contributed by atoms with Gasteiger partial charge in [-0.2, -0.15) is 0 Å². The van der Waals surface area contributed by atoms with Gasteiger partial charge in [0.1, 0.15) is 6.10 Å². The van der Waals surface area contributed by atoms with Crippen LogP contribution < -0.4 is 5.32 Å². The van der Waals surface area contributed by atoms with Gasteiger partial charge in [0.15, 0.2) is 5.78 Å². The third-order valence-corrected chi connectivity index (χ3v) is 11.0. The minimum Gasteiger partial charge on any atom is -0.450 e. The number of rotatable bonds is 6. The maximum absolute atomic E-state index is 12.9. The van der Waals surface area contributed by atoms with Crippen molar-refractivity contribution in [3.63, 3.8) is 0 Å². The summed E-state index contributed by atoms with van der Waals surface area (Å²) in [5, 5.41) is 12.8. The molecule has 1 spiro atoms. The summed E-state index contributed by atoms with van der Waals surface area (Å²) >= 11 is 0. The molecule has 4 saturated carbocycles. The molecular formula is C28H41NO5. The number of allylic oxidation sites excluding steroid dienone is 1. The minimum atomic E-state index is -1.19. The highest BCUT2D eigenvalue weighted by Gasteiger charge is 2.71. The molecule has 0 saturated heterocycles. The lowest BCUT2D eigenvalue weighted by atomic mass is 9.43. The summed E-state index contributed by atoms with van der Waals surface area (Å²) in [7, 11) is 0. The Hall–Kier alpha value is -1.85. The first-order chi connectivity index (χ1) is 16.1. The summed E-state index contributed by atoms with van der Waals surface area (Å²) < 4.78 is 5.70. The number of carbonyl (C=O) groups excluding carboxylic acids is 2. The molecule has 0 unspecified atom stereocenters. The van der Waals surface area contributed by atoms with Crippen molar-refractivity contribution in [3.8, 4) is 0 Å². The molecule has 5 rings (SSSR count). The number of unbranched alkanes of at least 4 members (excludes halogenated alkanes) is 1. The van der Waals surface area contributed by atoms with Crippen molar-refractivity contribution < 1.29 is 24.2 Å². The molecule has 188 valence electrons. The molecule has 6 heteroatoms. The van der Waals surface area contributed by atoms with E-state index < -0.39 is 6.16 Å². The van der Waals surface area contributed by atoms with E-state index in [1.807, 2.05) is 6.08 Å². The predicted molar refractivity (Wildman–Crippen MR) is 128 cm³/mol. The first kappa shape index (κ1) is 23.9. The van der Waals surface area contributed by atoms with Crippen LogP contribution in [0.25, 0.3) is 0 Å². The van der Waals surface area contributed by atoms with Gasteiger partial charge in [-0.1, -0.05) is 32.8 Å².